The van der Waals surface area contributed by atoms with Crippen LogP contribution in [-0.4, -0.2) is 71.1 Å². The van der Waals surface area contributed by atoms with Crippen molar-refractivity contribution in [2.45, 2.75) is 167 Å². The maximum atomic E-state index is 12.6. The van der Waals surface area contributed by atoms with Gasteiger partial charge in [-0.05, 0) is 70.6 Å². The van der Waals surface area contributed by atoms with Crippen LogP contribution in [0.3, 0.4) is 0 Å². The number of carbonyl (C=O) groups is 3. The second-order valence-corrected chi connectivity index (χ2v) is 15.4. The molecule has 0 saturated carbocycles. The molecule has 0 aliphatic carbocycles. The van der Waals surface area contributed by atoms with Crippen LogP contribution in [0.4, 0.5) is 0 Å². The highest BCUT2D eigenvalue weighted by molar-refractivity contribution is 7.47. The molecule has 0 aliphatic rings. The number of phosphoric acid groups is 1. The Labute approximate surface area is 343 Å². The van der Waals surface area contributed by atoms with Gasteiger partial charge in [-0.25, -0.2) is 4.57 Å². The lowest BCUT2D eigenvalue weighted by Gasteiger charge is -2.20. The molecule has 0 aliphatic heterocycles. The van der Waals surface area contributed by atoms with E-state index in [4.69, 9.17) is 24.8 Å². The zero-order valence-electron chi connectivity index (χ0n) is 34.8. The van der Waals surface area contributed by atoms with E-state index in [1.54, 1.807) is 6.08 Å². The van der Waals surface area contributed by atoms with E-state index in [2.05, 4.69) is 35.8 Å². The van der Waals surface area contributed by atoms with Gasteiger partial charge in [0.1, 0.15) is 12.6 Å². The lowest BCUT2D eigenvalue weighted by molar-refractivity contribution is -0.161. The van der Waals surface area contributed by atoms with E-state index in [9.17, 15) is 28.9 Å². The summed E-state index contributed by atoms with van der Waals surface area (Å²) < 4.78 is 32.6. The molecule has 0 aromatic carbocycles. The number of nitrogens with two attached hydrogens (primary N) is 1. The Kier molecular flexibility index (Phi) is 36.3. The number of esters is 2. The average molecular weight is 824 g/mol. The second-order valence-electron chi connectivity index (χ2n) is 13.9. The molecule has 326 valence electrons. The first-order chi connectivity index (χ1) is 27.5. The number of hydrogen-bond donors (Lipinski definition) is 4. The quantitative estimate of drug-likeness (QED) is 0.0152. The standard InChI is InChI=1S/C44H74NO11P/c1-3-5-7-8-9-10-11-12-13-14-19-22-25-28-31-35-43(48)56-40(37-54-57(51,52)55-38-41(45)44(49)50)36-53-42(47)34-30-27-24-21-18-16-15-17-20-23-26-29-33-39(46)32-6-4-2/h6,12-13,15-16,20-21,23-24,26,29,32,39-41,46H,3-5,7-11,14,17-19,22,25,27-28,30-31,33-38,45H2,1-2H3,(H,49,50)(H,51,52)/b13-12-,16-15-,23-20-,24-21-,29-26+,32-6-/t39?,40-,41+/m1/s1. The fourth-order valence-corrected chi connectivity index (χ4v) is 5.95. The summed E-state index contributed by atoms with van der Waals surface area (Å²) in [6.45, 7) is 2.47. The molecule has 0 radical (unpaired) electrons. The van der Waals surface area contributed by atoms with Crippen molar-refractivity contribution in [1.29, 1.82) is 0 Å². The number of carboxylic acids is 1. The average Bonchev–Trinajstić information content (AvgIpc) is 3.18. The molecule has 0 saturated heterocycles. The Morgan fingerprint density at radius 2 is 1.19 bits per heavy atom. The summed E-state index contributed by atoms with van der Waals surface area (Å²) in [6.07, 6.45) is 41.7. The highest BCUT2D eigenvalue weighted by Crippen LogP contribution is 2.43. The van der Waals surface area contributed by atoms with E-state index < -0.39 is 63.8 Å². The van der Waals surface area contributed by atoms with Crippen LogP contribution in [-0.2, 0) is 37.5 Å². The summed E-state index contributed by atoms with van der Waals surface area (Å²) in [7, 11) is -4.74. The van der Waals surface area contributed by atoms with Crippen LogP contribution in [0.5, 0.6) is 0 Å². The topological polar surface area (TPSA) is 192 Å². The molecular formula is C44H74NO11P. The van der Waals surface area contributed by atoms with Crippen molar-refractivity contribution >= 4 is 25.7 Å². The Balaban J connectivity index is 4.53. The normalized spacial score (nSPS) is 15.0. The van der Waals surface area contributed by atoms with Gasteiger partial charge < -0.3 is 30.3 Å². The Morgan fingerprint density at radius 3 is 1.86 bits per heavy atom. The number of hydrogen-bond acceptors (Lipinski definition) is 10. The fraction of sp³-hybridized carbons (Fsp3) is 0.659. The van der Waals surface area contributed by atoms with E-state index in [0.717, 1.165) is 57.8 Å². The molecule has 0 heterocycles. The third-order valence-electron chi connectivity index (χ3n) is 8.51. The Morgan fingerprint density at radius 1 is 0.649 bits per heavy atom. The summed E-state index contributed by atoms with van der Waals surface area (Å²) in [5.41, 5.74) is 5.32. The van der Waals surface area contributed by atoms with Crippen LogP contribution in [0.1, 0.15) is 149 Å². The molecule has 0 spiro atoms. The third kappa shape index (κ3) is 38.2. The molecule has 12 nitrogen and oxygen atoms in total. The number of aliphatic carboxylic acids is 1. The van der Waals surface area contributed by atoms with Gasteiger partial charge in [0.2, 0.25) is 0 Å². The molecule has 2 unspecified atom stereocenters. The van der Waals surface area contributed by atoms with Gasteiger partial charge in [-0.15, -0.1) is 0 Å². The van der Waals surface area contributed by atoms with Gasteiger partial charge >= 0.3 is 25.7 Å². The van der Waals surface area contributed by atoms with Gasteiger partial charge in [0.05, 0.1) is 19.3 Å². The molecule has 0 amide bonds. The summed E-state index contributed by atoms with van der Waals surface area (Å²) in [6, 6.07) is -1.54. The number of carbonyl (C=O) groups excluding carboxylic acids is 2. The Hall–Kier alpha value is -3.12. The van der Waals surface area contributed by atoms with E-state index in [1.807, 2.05) is 49.5 Å². The molecule has 0 rings (SSSR count). The first-order valence-corrected chi connectivity index (χ1v) is 22.6. The molecule has 0 fully saturated rings. The highest BCUT2D eigenvalue weighted by atomic mass is 31.2. The van der Waals surface area contributed by atoms with Crippen LogP contribution >= 0.6 is 7.82 Å². The molecule has 57 heavy (non-hydrogen) atoms. The zero-order valence-corrected chi connectivity index (χ0v) is 35.7. The van der Waals surface area contributed by atoms with Gasteiger partial charge in [0, 0.05) is 12.8 Å². The SMILES string of the molecule is CC/C=C\C(O)C/C=C/C=C\C/C=C\C/C=C\CCCC(=O)OC[C@H](COP(=O)(O)OC[C@H](N)C(=O)O)OC(=O)CCCCCCC/C=C\CCCCCCCC. The molecule has 0 aromatic rings. The largest absolute Gasteiger partial charge is 0.480 e. The number of unbranched alkanes of at least 4 members (excludes halogenated alkanes) is 12. The smallest absolute Gasteiger partial charge is 0.472 e. The van der Waals surface area contributed by atoms with Crippen LogP contribution in [0, 0.1) is 0 Å². The number of phosphoric ester groups is 1. The number of carboxylic acid groups (broad SMARTS) is 1. The van der Waals surface area contributed by atoms with Gasteiger partial charge in [-0.1, -0.05) is 138 Å². The van der Waals surface area contributed by atoms with Crippen LogP contribution in [0.15, 0.2) is 72.9 Å². The zero-order chi connectivity index (χ0) is 42.2. The van der Waals surface area contributed by atoms with Crippen molar-refractivity contribution in [3.63, 3.8) is 0 Å². The first-order valence-electron chi connectivity index (χ1n) is 21.1. The van der Waals surface area contributed by atoms with Crippen molar-refractivity contribution in [3.8, 4) is 0 Å². The number of rotatable bonds is 38. The predicted octanol–water partition coefficient (Wildman–Crippen LogP) is 9.92. The van der Waals surface area contributed by atoms with Gasteiger partial charge in [0.15, 0.2) is 6.10 Å². The van der Waals surface area contributed by atoms with E-state index in [0.29, 0.717) is 25.7 Å². The van der Waals surface area contributed by atoms with Crippen molar-refractivity contribution in [2.75, 3.05) is 19.8 Å². The third-order valence-corrected chi connectivity index (χ3v) is 9.46. The van der Waals surface area contributed by atoms with Crippen molar-refractivity contribution < 1.29 is 52.6 Å². The number of aliphatic hydroxyl groups excluding tert-OH is 1. The second kappa shape index (κ2) is 38.4. The van der Waals surface area contributed by atoms with E-state index >= 15 is 0 Å². The minimum atomic E-state index is -4.74. The predicted molar refractivity (Wildman–Crippen MR) is 227 cm³/mol. The summed E-state index contributed by atoms with van der Waals surface area (Å²) in [5, 5.41) is 18.6. The van der Waals surface area contributed by atoms with Crippen molar-refractivity contribution in [1.82, 2.24) is 0 Å². The maximum Gasteiger partial charge on any atom is 0.472 e. The van der Waals surface area contributed by atoms with E-state index in [-0.39, 0.29) is 12.8 Å². The first kappa shape index (κ1) is 53.9. The minimum absolute atomic E-state index is 0.121. The number of ether oxygens (including phenoxy) is 2. The summed E-state index contributed by atoms with van der Waals surface area (Å²) in [4.78, 5) is 45.9. The Bertz CT molecular complexity index is 1260. The van der Waals surface area contributed by atoms with Crippen LogP contribution in [0.2, 0.25) is 0 Å². The molecule has 13 heteroatoms. The highest BCUT2D eigenvalue weighted by Gasteiger charge is 2.28. The number of allylic oxidation sites excluding steroid dienone is 10. The van der Waals surface area contributed by atoms with Crippen molar-refractivity contribution in [3.05, 3.63) is 72.9 Å². The maximum absolute atomic E-state index is 12.6. The van der Waals surface area contributed by atoms with Crippen LogP contribution < -0.4 is 5.73 Å². The fourth-order valence-electron chi connectivity index (χ4n) is 5.17. The lowest BCUT2D eigenvalue weighted by atomic mass is 10.1. The van der Waals surface area contributed by atoms with Crippen LogP contribution in [0.25, 0.3) is 0 Å². The monoisotopic (exact) mass is 823 g/mol. The van der Waals surface area contributed by atoms with Gasteiger partial charge in [-0.3, -0.25) is 23.4 Å². The van der Waals surface area contributed by atoms with Gasteiger partial charge in [0.25, 0.3) is 0 Å². The summed E-state index contributed by atoms with van der Waals surface area (Å²) in [5.74, 6) is -2.50. The molecular weight excluding hydrogens is 749 g/mol. The molecule has 0 bridgehead atoms. The molecule has 4 atom stereocenters. The molecule has 0 aromatic heterocycles. The lowest BCUT2D eigenvalue weighted by Crippen LogP contribution is -2.34. The number of aliphatic hydroxyl groups is 1. The summed E-state index contributed by atoms with van der Waals surface area (Å²) >= 11 is 0. The van der Waals surface area contributed by atoms with Gasteiger partial charge in [-0.2, -0.15) is 0 Å². The minimum Gasteiger partial charge on any atom is -0.480 e. The van der Waals surface area contributed by atoms with Crippen molar-refractivity contribution in [2.24, 2.45) is 5.73 Å². The molecule has 5 N–H and O–H groups in total. The van der Waals surface area contributed by atoms with E-state index in [1.165, 1.54) is 38.5 Å².